The lowest BCUT2D eigenvalue weighted by atomic mass is 9.80. The molecule has 0 spiro atoms. The molecule has 8 heteroatoms. The molecule has 2 aliphatic heterocycles. The largest absolute Gasteiger partial charge is 0.480 e. The highest BCUT2D eigenvalue weighted by atomic mass is 19.1. The zero-order valence-electron chi connectivity index (χ0n) is 22.6. The number of carboxylic acids is 1. The average Bonchev–Trinajstić information content (AvgIpc) is 3.48. The summed E-state index contributed by atoms with van der Waals surface area (Å²) >= 11 is 0. The van der Waals surface area contributed by atoms with Gasteiger partial charge in [0.2, 0.25) is 0 Å². The predicted molar refractivity (Wildman–Crippen MR) is 146 cm³/mol. The molecule has 3 atom stereocenters. The number of hydrogen-bond donors (Lipinski definition) is 1. The number of benzene rings is 1. The van der Waals surface area contributed by atoms with Gasteiger partial charge in [0, 0.05) is 49.6 Å². The van der Waals surface area contributed by atoms with Crippen LogP contribution < -0.4 is 0 Å². The van der Waals surface area contributed by atoms with Crippen molar-refractivity contribution in [3.8, 4) is 0 Å². The van der Waals surface area contributed by atoms with Crippen molar-refractivity contribution < 1.29 is 18.7 Å². The van der Waals surface area contributed by atoms with Crippen LogP contribution in [0.25, 0.3) is 5.65 Å². The van der Waals surface area contributed by atoms with Crippen molar-refractivity contribution in [1.82, 2.24) is 19.2 Å². The van der Waals surface area contributed by atoms with E-state index in [4.69, 9.17) is 0 Å². The minimum Gasteiger partial charge on any atom is -0.480 e. The van der Waals surface area contributed by atoms with Gasteiger partial charge in [-0.25, -0.2) is 13.8 Å². The number of aryl methyl sites for hydroxylation is 1. The first-order chi connectivity index (χ1) is 18.9. The first-order valence-corrected chi connectivity index (χ1v) is 14.4. The molecule has 1 aliphatic carbocycles. The molecule has 1 saturated carbocycles. The molecular formula is C31H38F2N4O2. The standard InChI is InChI=1S/C31H38F2N4O2/c1-20-12-30-34-15-29(37(30)19-27(20)33)22-8-10-35(11-9-22)16-24-17-36(28(31(38)39)13-21-4-2-5-21)18-26(24)23-6-3-7-25(32)14-23/h3,6-7,12,14-15,19,21-22,24,26,28H,2,4-5,8-11,13,16-18H2,1H3,(H,38,39)/t24-,26+,28+/m0/s1. The van der Waals surface area contributed by atoms with Crippen LogP contribution in [0.4, 0.5) is 8.78 Å². The van der Waals surface area contributed by atoms with Crippen LogP contribution in [0.5, 0.6) is 0 Å². The summed E-state index contributed by atoms with van der Waals surface area (Å²) in [6.07, 6.45) is 9.53. The van der Waals surface area contributed by atoms with Crippen molar-refractivity contribution in [2.45, 2.75) is 63.3 Å². The lowest BCUT2D eigenvalue weighted by Crippen LogP contribution is -2.43. The van der Waals surface area contributed by atoms with Crippen molar-refractivity contribution in [1.29, 1.82) is 0 Å². The SMILES string of the molecule is Cc1cc2ncc(C3CCN(C[C@H]4CN([C@H](CC5CCC5)C(=O)O)C[C@@H]4c4cccc(F)c4)CC3)n2cc1F. The molecule has 3 aromatic rings. The topological polar surface area (TPSA) is 61.1 Å². The molecule has 3 aliphatic rings. The molecular weight excluding hydrogens is 498 g/mol. The summed E-state index contributed by atoms with van der Waals surface area (Å²) in [5, 5.41) is 10.1. The number of carboxylic acid groups (broad SMARTS) is 1. The number of piperidine rings is 1. The fraction of sp³-hybridized carbons (Fsp3) is 0.548. The van der Waals surface area contributed by atoms with Crippen LogP contribution in [0.3, 0.4) is 0 Å². The van der Waals surface area contributed by atoms with Gasteiger partial charge in [0.1, 0.15) is 23.3 Å². The van der Waals surface area contributed by atoms with Crippen molar-refractivity contribution in [3.05, 3.63) is 71.2 Å². The van der Waals surface area contributed by atoms with Gasteiger partial charge >= 0.3 is 5.97 Å². The zero-order chi connectivity index (χ0) is 27.1. The Balaban J connectivity index is 1.15. The highest BCUT2D eigenvalue weighted by molar-refractivity contribution is 5.73. The Labute approximate surface area is 228 Å². The Morgan fingerprint density at radius 3 is 2.62 bits per heavy atom. The summed E-state index contributed by atoms with van der Waals surface area (Å²) in [6.45, 7) is 5.83. The predicted octanol–water partition coefficient (Wildman–Crippen LogP) is 5.46. The van der Waals surface area contributed by atoms with Gasteiger partial charge in [0.25, 0.3) is 0 Å². The molecule has 0 bridgehead atoms. The van der Waals surface area contributed by atoms with Gasteiger partial charge in [-0.3, -0.25) is 9.69 Å². The highest BCUT2D eigenvalue weighted by Gasteiger charge is 2.41. The van der Waals surface area contributed by atoms with Crippen LogP contribution in [-0.4, -0.2) is 69.0 Å². The van der Waals surface area contributed by atoms with E-state index < -0.39 is 12.0 Å². The lowest BCUT2D eigenvalue weighted by Gasteiger charge is -2.35. The maximum atomic E-state index is 14.3. The normalized spacial score (nSPS) is 24.3. The maximum Gasteiger partial charge on any atom is 0.320 e. The van der Waals surface area contributed by atoms with E-state index in [0.29, 0.717) is 30.4 Å². The number of fused-ring (bicyclic) bond motifs is 1. The molecule has 6 nitrogen and oxygen atoms in total. The monoisotopic (exact) mass is 536 g/mol. The summed E-state index contributed by atoms with van der Waals surface area (Å²) in [7, 11) is 0. The maximum absolute atomic E-state index is 14.3. The quantitative estimate of drug-likeness (QED) is 0.414. The molecule has 0 amide bonds. The number of aromatic nitrogens is 2. The highest BCUT2D eigenvalue weighted by Crippen LogP contribution is 2.39. The average molecular weight is 537 g/mol. The number of pyridine rings is 1. The van der Waals surface area contributed by atoms with Crippen LogP contribution in [0.1, 0.15) is 67.2 Å². The van der Waals surface area contributed by atoms with Crippen LogP contribution in [-0.2, 0) is 4.79 Å². The number of hydrogen-bond acceptors (Lipinski definition) is 4. The van der Waals surface area contributed by atoms with E-state index in [0.717, 1.165) is 68.8 Å². The second-order valence-corrected chi connectivity index (χ2v) is 12.1. The fourth-order valence-corrected chi connectivity index (χ4v) is 7.07. The van der Waals surface area contributed by atoms with E-state index in [9.17, 15) is 18.7 Å². The van der Waals surface area contributed by atoms with Crippen molar-refractivity contribution in [2.24, 2.45) is 11.8 Å². The number of carbonyl (C=O) groups is 1. The molecule has 2 aromatic heterocycles. The Kier molecular flexibility index (Phi) is 7.42. The molecule has 39 heavy (non-hydrogen) atoms. The zero-order valence-corrected chi connectivity index (χ0v) is 22.6. The molecule has 3 fully saturated rings. The Bertz CT molecular complexity index is 1330. The van der Waals surface area contributed by atoms with Crippen molar-refractivity contribution in [2.75, 3.05) is 32.7 Å². The van der Waals surface area contributed by atoms with Crippen molar-refractivity contribution >= 4 is 11.6 Å². The van der Waals surface area contributed by atoms with Gasteiger partial charge in [0.15, 0.2) is 0 Å². The summed E-state index contributed by atoms with van der Waals surface area (Å²) in [5.41, 5.74) is 3.41. The van der Waals surface area contributed by atoms with Crippen LogP contribution in [0.2, 0.25) is 0 Å². The van der Waals surface area contributed by atoms with Gasteiger partial charge in [-0.1, -0.05) is 31.4 Å². The number of likely N-dealkylation sites (tertiary alicyclic amines) is 2. The summed E-state index contributed by atoms with van der Waals surface area (Å²) in [5.74, 6) is -0.0305. The minimum absolute atomic E-state index is 0.103. The smallest absolute Gasteiger partial charge is 0.320 e. The summed E-state index contributed by atoms with van der Waals surface area (Å²) < 4.78 is 30.4. The van der Waals surface area contributed by atoms with Gasteiger partial charge in [0.05, 0.1) is 0 Å². The summed E-state index contributed by atoms with van der Waals surface area (Å²) in [6, 6.07) is 8.17. The van der Waals surface area contributed by atoms with E-state index in [1.807, 2.05) is 16.7 Å². The molecule has 1 N–H and O–H groups in total. The number of nitrogens with zero attached hydrogens (tertiary/aromatic N) is 4. The van der Waals surface area contributed by atoms with Crippen molar-refractivity contribution in [3.63, 3.8) is 0 Å². The third-order valence-corrected chi connectivity index (χ3v) is 9.57. The first-order valence-electron chi connectivity index (χ1n) is 14.4. The Morgan fingerprint density at radius 2 is 1.92 bits per heavy atom. The summed E-state index contributed by atoms with van der Waals surface area (Å²) in [4.78, 5) is 21.4. The third-order valence-electron chi connectivity index (χ3n) is 9.57. The Hall–Kier alpha value is -2.84. The fourth-order valence-electron chi connectivity index (χ4n) is 7.07. The third kappa shape index (κ3) is 5.46. The molecule has 2 saturated heterocycles. The van der Waals surface area contributed by atoms with Gasteiger partial charge < -0.3 is 14.4 Å². The minimum atomic E-state index is -0.735. The number of halogens is 2. The van der Waals surface area contributed by atoms with E-state index >= 15 is 0 Å². The number of aliphatic carboxylic acids is 1. The van der Waals surface area contributed by atoms with E-state index in [1.165, 1.54) is 12.5 Å². The van der Waals surface area contributed by atoms with Gasteiger partial charge in [-0.05, 0) is 80.4 Å². The molecule has 208 valence electrons. The van der Waals surface area contributed by atoms with Gasteiger partial charge in [-0.15, -0.1) is 0 Å². The molecule has 4 heterocycles. The number of imidazole rings is 1. The molecule has 0 radical (unpaired) electrons. The molecule has 6 rings (SSSR count). The Morgan fingerprint density at radius 1 is 1.13 bits per heavy atom. The van der Waals surface area contributed by atoms with Crippen LogP contribution in [0, 0.1) is 30.4 Å². The first kappa shape index (κ1) is 26.4. The molecule has 0 unspecified atom stereocenters. The lowest BCUT2D eigenvalue weighted by molar-refractivity contribution is -0.144. The van der Waals surface area contributed by atoms with E-state index in [1.54, 1.807) is 31.3 Å². The number of rotatable bonds is 8. The van der Waals surface area contributed by atoms with Crippen LogP contribution >= 0.6 is 0 Å². The second-order valence-electron chi connectivity index (χ2n) is 12.1. The second kappa shape index (κ2) is 11.0. The van der Waals surface area contributed by atoms with E-state index in [-0.39, 0.29) is 23.5 Å². The van der Waals surface area contributed by atoms with Gasteiger partial charge in [-0.2, -0.15) is 0 Å². The van der Waals surface area contributed by atoms with Crippen LogP contribution in [0.15, 0.2) is 42.7 Å². The van der Waals surface area contributed by atoms with E-state index in [2.05, 4.69) is 14.8 Å². The molecule has 1 aromatic carbocycles.